The zero-order valence-corrected chi connectivity index (χ0v) is 18.4. The number of rotatable bonds is 8. The lowest BCUT2D eigenvalue weighted by Gasteiger charge is -2.48. The van der Waals surface area contributed by atoms with Crippen LogP contribution >= 0.6 is 23.1 Å². The van der Waals surface area contributed by atoms with Crippen LogP contribution in [0.25, 0.3) is 0 Å². The second-order valence-corrected chi connectivity index (χ2v) is 9.37. The Morgan fingerprint density at radius 3 is 2.72 bits per heavy atom. The maximum atomic E-state index is 12.4. The third-order valence-electron chi connectivity index (χ3n) is 5.30. The fourth-order valence-corrected chi connectivity index (χ4v) is 5.43. The molecule has 0 aromatic carbocycles. The van der Waals surface area contributed by atoms with E-state index in [1.807, 2.05) is 0 Å². The SMILES string of the molecule is CCOC(=O)Nc1nnc(SCC(=O)NCC2(N3CCOCC3)CCCCC2)s1. The third kappa shape index (κ3) is 6.53. The average Bonchev–Trinajstić information content (AvgIpc) is 3.19. The molecule has 2 heterocycles. The summed E-state index contributed by atoms with van der Waals surface area (Å²) in [6.45, 7) is 6.11. The topological polar surface area (TPSA) is 106 Å². The summed E-state index contributed by atoms with van der Waals surface area (Å²) in [6, 6.07) is 0. The number of hydrogen-bond acceptors (Lipinski definition) is 9. The van der Waals surface area contributed by atoms with E-state index in [4.69, 9.17) is 9.47 Å². The lowest BCUT2D eigenvalue weighted by Crippen LogP contribution is -2.59. The van der Waals surface area contributed by atoms with Crippen molar-refractivity contribution in [3.63, 3.8) is 0 Å². The van der Waals surface area contributed by atoms with Gasteiger partial charge in [0.15, 0.2) is 4.34 Å². The van der Waals surface area contributed by atoms with E-state index in [1.54, 1.807) is 6.92 Å². The van der Waals surface area contributed by atoms with Gasteiger partial charge in [-0.3, -0.25) is 15.0 Å². The van der Waals surface area contributed by atoms with E-state index < -0.39 is 6.09 Å². The molecule has 0 bridgehead atoms. The molecule has 0 unspecified atom stereocenters. The molecule has 1 saturated heterocycles. The highest BCUT2D eigenvalue weighted by atomic mass is 32.2. The van der Waals surface area contributed by atoms with Crippen molar-refractivity contribution in [3.8, 4) is 0 Å². The van der Waals surface area contributed by atoms with Crippen LogP contribution in [-0.4, -0.2) is 77.8 Å². The minimum absolute atomic E-state index is 0.0108. The van der Waals surface area contributed by atoms with E-state index >= 15 is 0 Å². The first-order valence-electron chi connectivity index (χ1n) is 10.1. The van der Waals surface area contributed by atoms with Gasteiger partial charge in [0.05, 0.1) is 25.6 Å². The normalized spacial score (nSPS) is 19.5. The van der Waals surface area contributed by atoms with Gasteiger partial charge >= 0.3 is 6.09 Å². The standard InChI is InChI=1S/C18H29N5O4S2/c1-2-27-16(25)20-15-21-22-17(29-15)28-12-14(24)19-13-18(6-4-3-5-7-18)23-8-10-26-11-9-23/h2-13H2,1H3,(H,19,24)(H,20,21,25). The summed E-state index contributed by atoms with van der Waals surface area (Å²) in [7, 11) is 0. The van der Waals surface area contributed by atoms with Gasteiger partial charge in [-0.1, -0.05) is 42.4 Å². The van der Waals surface area contributed by atoms with E-state index in [1.165, 1.54) is 42.4 Å². The lowest BCUT2D eigenvalue weighted by molar-refractivity contribution is -0.119. The van der Waals surface area contributed by atoms with Gasteiger partial charge in [0.1, 0.15) is 0 Å². The molecular formula is C18H29N5O4S2. The Bertz CT molecular complexity index is 675. The van der Waals surface area contributed by atoms with Crippen LogP contribution in [0.15, 0.2) is 4.34 Å². The van der Waals surface area contributed by atoms with Gasteiger partial charge in [-0.15, -0.1) is 10.2 Å². The number of anilines is 1. The van der Waals surface area contributed by atoms with Crippen LogP contribution in [0.4, 0.5) is 9.93 Å². The van der Waals surface area contributed by atoms with Crippen molar-refractivity contribution in [2.24, 2.45) is 0 Å². The van der Waals surface area contributed by atoms with Crippen molar-refractivity contribution in [1.29, 1.82) is 0 Å². The largest absolute Gasteiger partial charge is 0.450 e. The fourth-order valence-electron chi connectivity index (χ4n) is 3.87. The van der Waals surface area contributed by atoms with Crippen LogP contribution in [0.5, 0.6) is 0 Å². The van der Waals surface area contributed by atoms with Crippen LogP contribution in [0.2, 0.25) is 0 Å². The Balaban J connectivity index is 1.46. The Morgan fingerprint density at radius 2 is 2.00 bits per heavy atom. The van der Waals surface area contributed by atoms with Crippen molar-refractivity contribution < 1.29 is 19.1 Å². The summed E-state index contributed by atoms with van der Waals surface area (Å²) in [4.78, 5) is 26.4. The van der Waals surface area contributed by atoms with Crippen molar-refractivity contribution in [2.75, 3.05) is 50.5 Å². The number of aromatic nitrogens is 2. The molecule has 0 spiro atoms. The molecule has 9 nitrogen and oxygen atoms in total. The highest BCUT2D eigenvalue weighted by Crippen LogP contribution is 2.34. The first kappa shape index (κ1) is 22.3. The lowest BCUT2D eigenvalue weighted by atomic mass is 9.79. The molecule has 1 aliphatic carbocycles. The highest BCUT2D eigenvalue weighted by Gasteiger charge is 2.38. The van der Waals surface area contributed by atoms with Gasteiger partial charge in [-0.25, -0.2) is 4.79 Å². The first-order chi connectivity index (χ1) is 14.1. The summed E-state index contributed by atoms with van der Waals surface area (Å²) in [5.41, 5.74) is 0.0574. The van der Waals surface area contributed by atoms with Crippen LogP contribution < -0.4 is 10.6 Å². The molecule has 0 radical (unpaired) electrons. The van der Waals surface area contributed by atoms with E-state index in [0.717, 1.165) is 39.1 Å². The first-order valence-corrected chi connectivity index (χ1v) is 11.9. The number of morpholine rings is 1. The van der Waals surface area contributed by atoms with Crippen LogP contribution in [-0.2, 0) is 14.3 Å². The third-order valence-corrected chi connectivity index (χ3v) is 7.27. The predicted octanol–water partition coefficient (Wildman–Crippen LogP) is 2.35. The Labute approximate surface area is 179 Å². The van der Waals surface area contributed by atoms with Gasteiger partial charge in [0, 0.05) is 25.2 Å². The monoisotopic (exact) mass is 443 g/mol. The number of thioether (sulfide) groups is 1. The molecular weight excluding hydrogens is 414 g/mol. The minimum atomic E-state index is -0.557. The second-order valence-electron chi connectivity index (χ2n) is 7.17. The molecule has 2 fully saturated rings. The molecule has 1 aromatic rings. The zero-order chi connectivity index (χ0) is 20.5. The van der Waals surface area contributed by atoms with Crippen LogP contribution in [0, 0.1) is 0 Å². The number of hydrogen-bond donors (Lipinski definition) is 2. The number of amides is 2. The Hall–Kier alpha value is -1.43. The molecule has 3 rings (SSSR count). The second kappa shape index (κ2) is 11.1. The molecule has 2 N–H and O–H groups in total. The quantitative estimate of drug-likeness (QED) is 0.466. The van der Waals surface area contributed by atoms with Gasteiger partial charge in [-0.2, -0.15) is 0 Å². The minimum Gasteiger partial charge on any atom is -0.450 e. The average molecular weight is 444 g/mol. The van der Waals surface area contributed by atoms with Gasteiger partial charge in [-0.05, 0) is 19.8 Å². The van der Waals surface area contributed by atoms with Crippen LogP contribution in [0.3, 0.4) is 0 Å². The van der Waals surface area contributed by atoms with Crippen molar-refractivity contribution in [1.82, 2.24) is 20.4 Å². The Kier molecular flexibility index (Phi) is 8.52. The molecule has 1 saturated carbocycles. The van der Waals surface area contributed by atoms with Gasteiger partial charge < -0.3 is 14.8 Å². The maximum absolute atomic E-state index is 12.4. The van der Waals surface area contributed by atoms with E-state index in [2.05, 4.69) is 25.7 Å². The zero-order valence-electron chi connectivity index (χ0n) is 16.8. The highest BCUT2D eigenvalue weighted by molar-refractivity contribution is 8.01. The van der Waals surface area contributed by atoms with Gasteiger partial charge in [0.2, 0.25) is 11.0 Å². The summed E-state index contributed by atoms with van der Waals surface area (Å²) in [5.74, 6) is 0.260. The molecule has 29 heavy (non-hydrogen) atoms. The van der Waals surface area contributed by atoms with Gasteiger partial charge in [0.25, 0.3) is 0 Å². The Morgan fingerprint density at radius 1 is 1.24 bits per heavy atom. The number of nitrogens with one attached hydrogen (secondary N) is 2. The summed E-state index contributed by atoms with van der Waals surface area (Å²) < 4.78 is 11.0. The van der Waals surface area contributed by atoms with Crippen molar-refractivity contribution in [2.45, 2.75) is 48.9 Å². The van der Waals surface area contributed by atoms with E-state index in [-0.39, 0.29) is 17.2 Å². The van der Waals surface area contributed by atoms with Crippen molar-refractivity contribution >= 4 is 40.2 Å². The number of nitrogens with zero attached hydrogens (tertiary/aromatic N) is 3. The number of ether oxygens (including phenoxy) is 2. The van der Waals surface area contributed by atoms with Crippen LogP contribution in [0.1, 0.15) is 39.0 Å². The molecule has 1 aliphatic heterocycles. The smallest absolute Gasteiger partial charge is 0.413 e. The van der Waals surface area contributed by atoms with E-state index in [0.29, 0.717) is 22.6 Å². The molecule has 0 atom stereocenters. The number of carbonyl (C=O) groups excluding carboxylic acids is 2. The summed E-state index contributed by atoms with van der Waals surface area (Å²) in [5, 5.41) is 13.9. The maximum Gasteiger partial charge on any atom is 0.413 e. The fraction of sp³-hybridized carbons (Fsp3) is 0.778. The number of carbonyl (C=O) groups is 2. The summed E-state index contributed by atoms with van der Waals surface area (Å²) >= 11 is 2.54. The van der Waals surface area contributed by atoms with Crippen molar-refractivity contribution in [3.05, 3.63) is 0 Å². The summed E-state index contributed by atoms with van der Waals surface area (Å²) in [6.07, 6.45) is 5.39. The van der Waals surface area contributed by atoms with E-state index in [9.17, 15) is 9.59 Å². The molecule has 2 aliphatic rings. The molecule has 2 amide bonds. The predicted molar refractivity (Wildman–Crippen MR) is 112 cm³/mol. The molecule has 162 valence electrons. The molecule has 1 aromatic heterocycles. The molecule has 11 heteroatoms.